The summed E-state index contributed by atoms with van der Waals surface area (Å²) in [6, 6.07) is 58.6. The van der Waals surface area contributed by atoms with Crippen molar-refractivity contribution in [2.24, 2.45) is 0 Å². The number of anilines is 2. The van der Waals surface area contributed by atoms with Crippen LogP contribution in [0.25, 0.3) is 27.6 Å². The zero-order valence-electron chi connectivity index (χ0n) is 35.2. The van der Waals surface area contributed by atoms with E-state index < -0.39 is 0 Å². The molecule has 2 aromatic heterocycles. The topological polar surface area (TPSA) is 33.5 Å². The number of para-hydroxylation sites is 1. The Labute approximate surface area is 369 Å². The molecule has 9 rings (SSSR count). The molecular formula is C54H49N4OPt-3. The van der Waals surface area contributed by atoms with E-state index in [2.05, 4.69) is 234 Å². The van der Waals surface area contributed by atoms with Crippen molar-refractivity contribution in [1.29, 1.82) is 0 Å². The Morgan fingerprint density at radius 1 is 0.533 bits per heavy atom. The molecular weight excluding hydrogens is 916 g/mol. The monoisotopic (exact) mass is 964 g/mol. The molecule has 0 spiro atoms. The Kier molecular flexibility index (Phi) is 10.9. The average molecular weight is 965 g/mol. The largest absolute Gasteiger partial charge is 0.509 e. The van der Waals surface area contributed by atoms with Gasteiger partial charge in [-0.05, 0) is 75.8 Å². The Balaban J connectivity index is 0.00000499. The standard InChI is InChI=1S/C54H49N4O.Pt/c1-52(2,3)42-32-44(57-31-30-56(37-57)43-24-22-40(23-25-43)53(4,5)38-16-10-8-11-17-38)35-46(33-42)59-45-26-27-48-47-20-14-15-21-49(47)58(50(48)36-45)51-34-41(28-29-55-51)54(6,7)39-18-12-9-13-19-39;/h8-34,37H,1-7H3;/q-3;. The molecule has 3 heterocycles. The van der Waals surface area contributed by atoms with Crippen LogP contribution in [0.3, 0.4) is 0 Å². The molecule has 0 N–H and O–H groups in total. The summed E-state index contributed by atoms with van der Waals surface area (Å²) in [5, 5.41) is 2.23. The SMILES string of the molecule is CC(C)(C)c1cc(Oc2[c-]c3c(cc2)c2ccccc2n3-c2cc(C(C)(C)c3ccccc3)ccn2)[c-]c(N2C=CN(c3ccc(C(C)(C)c4ccccc4)cc3)[CH-]2)c1.[Pt]. The molecule has 1 aliphatic rings. The molecule has 0 saturated heterocycles. The van der Waals surface area contributed by atoms with Gasteiger partial charge in [0.25, 0.3) is 0 Å². The Morgan fingerprint density at radius 3 is 1.83 bits per heavy atom. The fourth-order valence-electron chi connectivity index (χ4n) is 8.12. The Morgan fingerprint density at radius 2 is 1.15 bits per heavy atom. The quantitative estimate of drug-likeness (QED) is 0.135. The third kappa shape index (κ3) is 7.68. The third-order valence-corrected chi connectivity index (χ3v) is 12.0. The van der Waals surface area contributed by atoms with Gasteiger partial charge in [0.15, 0.2) is 0 Å². The van der Waals surface area contributed by atoms with Gasteiger partial charge >= 0.3 is 0 Å². The minimum absolute atomic E-state index is 0. The van der Waals surface area contributed by atoms with Crippen LogP contribution in [-0.2, 0) is 37.3 Å². The second-order valence-corrected chi connectivity index (χ2v) is 17.6. The molecule has 8 aromatic rings. The zero-order chi connectivity index (χ0) is 40.9. The number of rotatable bonds is 9. The van der Waals surface area contributed by atoms with E-state index in [1.165, 1.54) is 22.3 Å². The van der Waals surface area contributed by atoms with E-state index in [1.54, 1.807) is 0 Å². The smallest absolute Gasteiger partial charge is 0.135 e. The first-order chi connectivity index (χ1) is 28.4. The van der Waals surface area contributed by atoms with Crippen molar-refractivity contribution in [3.8, 4) is 17.3 Å². The average Bonchev–Trinajstić information content (AvgIpc) is 3.88. The summed E-state index contributed by atoms with van der Waals surface area (Å²) < 4.78 is 8.92. The molecule has 0 atom stereocenters. The molecule has 0 saturated carbocycles. The molecule has 0 bridgehead atoms. The number of benzene rings is 6. The fourth-order valence-corrected chi connectivity index (χ4v) is 8.12. The van der Waals surface area contributed by atoms with Crippen LogP contribution in [0.5, 0.6) is 11.5 Å². The van der Waals surface area contributed by atoms with Crippen molar-refractivity contribution in [1.82, 2.24) is 9.55 Å². The molecule has 1 aliphatic heterocycles. The first-order valence-electron chi connectivity index (χ1n) is 20.4. The molecule has 304 valence electrons. The Hall–Kier alpha value is -5.90. The van der Waals surface area contributed by atoms with Gasteiger partial charge in [-0.15, -0.1) is 53.6 Å². The molecule has 0 radical (unpaired) electrons. The van der Waals surface area contributed by atoms with Gasteiger partial charge in [0.1, 0.15) is 5.82 Å². The van der Waals surface area contributed by atoms with Crippen LogP contribution in [0.4, 0.5) is 11.4 Å². The molecule has 0 unspecified atom stereocenters. The number of hydrogen-bond acceptors (Lipinski definition) is 4. The van der Waals surface area contributed by atoms with Crippen molar-refractivity contribution in [2.75, 3.05) is 9.80 Å². The predicted octanol–water partition coefficient (Wildman–Crippen LogP) is 13.4. The second kappa shape index (κ2) is 15.9. The van der Waals surface area contributed by atoms with Crippen molar-refractivity contribution in [3.05, 3.63) is 211 Å². The van der Waals surface area contributed by atoms with Gasteiger partial charge in [-0.1, -0.05) is 145 Å². The van der Waals surface area contributed by atoms with E-state index in [9.17, 15) is 0 Å². The summed E-state index contributed by atoms with van der Waals surface area (Å²) in [6.45, 7) is 17.8. The molecule has 0 aliphatic carbocycles. The van der Waals surface area contributed by atoms with Crippen LogP contribution in [0.15, 0.2) is 164 Å². The molecule has 0 amide bonds. The molecule has 5 nitrogen and oxygen atoms in total. The number of pyridine rings is 1. The van der Waals surface area contributed by atoms with Crippen molar-refractivity contribution >= 4 is 33.2 Å². The number of ether oxygens (including phenoxy) is 1. The number of nitrogens with zero attached hydrogens (tertiary/aromatic N) is 4. The van der Waals surface area contributed by atoms with E-state index in [-0.39, 0.29) is 37.3 Å². The maximum absolute atomic E-state index is 6.72. The van der Waals surface area contributed by atoms with E-state index in [1.807, 2.05) is 12.3 Å². The van der Waals surface area contributed by atoms with E-state index in [0.717, 1.165) is 44.6 Å². The minimum Gasteiger partial charge on any atom is -0.509 e. The summed E-state index contributed by atoms with van der Waals surface area (Å²) >= 11 is 0. The van der Waals surface area contributed by atoms with Gasteiger partial charge in [0.2, 0.25) is 0 Å². The van der Waals surface area contributed by atoms with Gasteiger partial charge in [-0.2, -0.15) is 6.07 Å². The van der Waals surface area contributed by atoms with Gasteiger partial charge in [0, 0.05) is 60.8 Å². The number of aromatic nitrogens is 2. The third-order valence-electron chi connectivity index (χ3n) is 12.0. The Bertz CT molecular complexity index is 2820. The van der Waals surface area contributed by atoms with Crippen molar-refractivity contribution in [2.45, 2.75) is 64.7 Å². The van der Waals surface area contributed by atoms with E-state index in [0.29, 0.717) is 11.5 Å². The summed E-state index contributed by atoms with van der Waals surface area (Å²) in [7, 11) is 0. The summed E-state index contributed by atoms with van der Waals surface area (Å²) in [5.41, 5.74) is 9.65. The van der Waals surface area contributed by atoms with Crippen molar-refractivity contribution in [3.63, 3.8) is 0 Å². The van der Waals surface area contributed by atoms with Crippen LogP contribution >= 0.6 is 0 Å². The van der Waals surface area contributed by atoms with Gasteiger partial charge < -0.3 is 19.1 Å². The fraction of sp³-hybridized carbons (Fsp3) is 0.185. The minimum atomic E-state index is -0.218. The van der Waals surface area contributed by atoms with Crippen LogP contribution in [-0.4, -0.2) is 9.55 Å². The molecule has 0 fully saturated rings. The van der Waals surface area contributed by atoms with Gasteiger partial charge in [-0.25, -0.2) is 4.98 Å². The van der Waals surface area contributed by atoms with E-state index in [4.69, 9.17) is 9.72 Å². The summed E-state index contributed by atoms with van der Waals surface area (Å²) in [6.07, 6.45) is 6.07. The van der Waals surface area contributed by atoms with Crippen LogP contribution in [0.2, 0.25) is 0 Å². The number of fused-ring (bicyclic) bond motifs is 3. The van der Waals surface area contributed by atoms with Gasteiger partial charge in [0.05, 0.1) is 0 Å². The normalized spacial score (nSPS) is 13.2. The van der Waals surface area contributed by atoms with Gasteiger partial charge in [-0.3, -0.25) is 0 Å². The molecule has 6 heteroatoms. The first kappa shape index (κ1) is 40.9. The predicted molar refractivity (Wildman–Crippen MR) is 243 cm³/mol. The first-order valence-corrected chi connectivity index (χ1v) is 20.4. The summed E-state index contributed by atoms with van der Waals surface area (Å²) in [5.74, 6) is 2.07. The zero-order valence-corrected chi connectivity index (χ0v) is 37.5. The number of hydrogen-bond donors (Lipinski definition) is 0. The van der Waals surface area contributed by atoms with Crippen LogP contribution in [0, 0.1) is 18.8 Å². The molecule has 6 aromatic carbocycles. The van der Waals surface area contributed by atoms with Crippen LogP contribution < -0.4 is 14.5 Å². The van der Waals surface area contributed by atoms with Crippen LogP contribution in [0.1, 0.15) is 76.3 Å². The maximum Gasteiger partial charge on any atom is 0.135 e. The summed E-state index contributed by atoms with van der Waals surface area (Å²) in [4.78, 5) is 9.17. The van der Waals surface area contributed by atoms with Crippen molar-refractivity contribution < 1.29 is 25.8 Å². The van der Waals surface area contributed by atoms with E-state index >= 15 is 0 Å². The molecule has 60 heavy (non-hydrogen) atoms. The maximum atomic E-state index is 6.72. The second-order valence-electron chi connectivity index (χ2n) is 17.6.